The Morgan fingerprint density at radius 2 is 2.29 bits per heavy atom. The number of aliphatic hydroxyl groups is 1. The molecule has 1 unspecified atom stereocenters. The fraction of sp³-hybridized carbons (Fsp3) is 0.417. The van der Waals surface area contributed by atoms with E-state index >= 15 is 0 Å². The molecular weight excluding hydrogens is 242 g/mol. The Balaban J connectivity index is 2.79. The molecule has 0 aliphatic carbocycles. The van der Waals surface area contributed by atoms with Crippen molar-refractivity contribution in [3.63, 3.8) is 0 Å². The van der Waals surface area contributed by atoms with Gasteiger partial charge in [-0.2, -0.15) is 0 Å². The molecule has 1 atom stereocenters. The molecule has 1 aromatic carbocycles. The number of rotatable bonds is 5. The van der Waals surface area contributed by atoms with Gasteiger partial charge < -0.3 is 15.2 Å². The molecule has 0 aliphatic heterocycles. The summed E-state index contributed by atoms with van der Waals surface area (Å²) in [5.41, 5.74) is 1.24. The Kier molecular flexibility index (Phi) is 5.41. The summed E-state index contributed by atoms with van der Waals surface area (Å²) in [6.45, 7) is 1.91. The van der Waals surface area contributed by atoms with Crippen LogP contribution in [-0.4, -0.2) is 37.4 Å². The number of amides is 1. The monoisotopic (exact) mass is 257 g/mol. The predicted molar refractivity (Wildman–Crippen MR) is 66.4 cm³/mol. The van der Waals surface area contributed by atoms with Crippen molar-refractivity contribution in [2.24, 2.45) is 0 Å². The van der Waals surface area contributed by atoms with E-state index in [4.69, 9.17) is 21.4 Å². The lowest BCUT2D eigenvalue weighted by Gasteiger charge is -2.16. The highest BCUT2D eigenvalue weighted by Crippen LogP contribution is 2.20. The van der Waals surface area contributed by atoms with Crippen LogP contribution in [0.1, 0.15) is 15.9 Å². The maximum absolute atomic E-state index is 11.9. The molecule has 0 aromatic heterocycles. The van der Waals surface area contributed by atoms with Gasteiger partial charge in [0, 0.05) is 7.11 Å². The van der Waals surface area contributed by atoms with Crippen LogP contribution >= 0.6 is 11.6 Å². The van der Waals surface area contributed by atoms with Gasteiger partial charge in [0.15, 0.2) is 0 Å². The number of benzene rings is 1. The zero-order chi connectivity index (χ0) is 12.8. The van der Waals surface area contributed by atoms with Crippen LogP contribution in [-0.2, 0) is 4.74 Å². The second kappa shape index (κ2) is 6.59. The molecular formula is C12H16ClNO3. The molecule has 0 radical (unpaired) electrons. The maximum atomic E-state index is 11.9. The van der Waals surface area contributed by atoms with Crippen LogP contribution in [0.2, 0.25) is 5.02 Å². The number of hydrogen-bond donors (Lipinski definition) is 2. The Hall–Kier alpha value is -1.10. The van der Waals surface area contributed by atoms with Crippen LogP contribution in [0.25, 0.3) is 0 Å². The molecule has 0 aliphatic rings. The van der Waals surface area contributed by atoms with E-state index in [-0.39, 0.29) is 19.1 Å². The number of carbonyl (C=O) groups excluding carboxylic acids is 1. The van der Waals surface area contributed by atoms with Crippen molar-refractivity contribution in [2.75, 3.05) is 20.3 Å². The van der Waals surface area contributed by atoms with E-state index in [0.717, 1.165) is 5.56 Å². The Labute approximate surface area is 106 Å². The van der Waals surface area contributed by atoms with Gasteiger partial charge in [-0.05, 0) is 18.6 Å². The quantitative estimate of drug-likeness (QED) is 0.838. The zero-order valence-corrected chi connectivity index (χ0v) is 10.6. The van der Waals surface area contributed by atoms with E-state index in [2.05, 4.69) is 5.32 Å². The number of nitrogens with one attached hydrogen (secondary N) is 1. The molecule has 17 heavy (non-hydrogen) atoms. The van der Waals surface area contributed by atoms with Gasteiger partial charge in [-0.25, -0.2) is 0 Å². The number of aliphatic hydroxyl groups excluding tert-OH is 1. The lowest BCUT2D eigenvalue weighted by molar-refractivity contribution is 0.0840. The number of hydrogen-bond acceptors (Lipinski definition) is 3. The minimum atomic E-state index is -0.427. The molecule has 5 heteroatoms. The first-order valence-electron chi connectivity index (χ1n) is 5.26. The summed E-state index contributed by atoms with van der Waals surface area (Å²) in [6.07, 6.45) is 0. The first kappa shape index (κ1) is 14.0. The molecule has 0 saturated carbocycles. The van der Waals surface area contributed by atoms with Crippen LogP contribution in [0.15, 0.2) is 18.2 Å². The summed E-state index contributed by atoms with van der Waals surface area (Å²) in [6, 6.07) is 4.81. The average Bonchev–Trinajstić information content (AvgIpc) is 2.31. The largest absolute Gasteiger partial charge is 0.394 e. The molecule has 0 saturated heterocycles. The van der Waals surface area contributed by atoms with Gasteiger partial charge in [0.05, 0.1) is 29.8 Å². The predicted octanol–water partition coefficient (Wildman–Crippen LogP) is 1.39. The molecule has 0 heterocycles. The van der Waals surface area contributed by atoms with Gasteiger partial charge in [-0.1, -0.05) is 23.7 Å². The van der Waals surface area contributed by atoms with Crippen molar-refractivity contribution in [1.82, 2.24) is 5.32 Å². The number of methoxy groups -OCH3 is 1. The second-order valence-corrected chi connectivity index (χ2v) is 4.12. The van der Waals surface area contributed by atoms with Crippen molar-refractivity contribution in [3.05, 3.63) is 34.3 Å². The zero-order valence-electron chi connectivity index (χ0n) is 9.87. The van der Waals surface area contributed by atoms with Crippen LogP contribution < -0.4 is 5.32 Å². The minimum Gasteiger partial charge on any atom is -0.394 e. The normalized spacial score (nSPS) is 12.2. The molecule has 0 fully saturated rings. The number of carbonyl (C=O) groups is 1. The van der Waals surface area contributed by atoms with Crippen LogP contribution in [0.4, 0.5) is 0 Å². The van der Waals surface area contributed by atoms with Crippen LogP contribution in [0.5, 0.6) is 0 Å². The van der Waals surface area contributed by atoms with Crippen molar-refractivity contribution in [1.29, 1.82) is 0 Å². The highest BCUT2D eigenvalue weighted by Gasteiger charge is 2.15. The van der Waals surface area contributed by atoms with Crippen molar-refractivity contribution in [2.45, 2.75) is 13.0 Å². The summed E-state index contributed by atoms with van der Waals surface area (Å²) < 4.78 is 4.88. The van der Waals surface area contributed by atoms with Gasteiger partial charge in [-0.15, -0.1) is 0 Å². The molecule has 1 rings (SSSR count). The Morgan fingerprint density at radius 3 is 2.88 bits per heavy atom. The van der Waals surface area contributed by atoms with E-state index < -0.39 is 6.04 Å². The number of ether oxygens (including phenoxy) is 1. The SMILES string of the molecule is COCC(CO)NC(=O)c1cccc(C)c1Cl. The van der Waals surface area contributed by atoms with Crippen molar-refractivity contribution in [3.8, 4) is 0 Å². The van der Waals surface area contributed by atoms with E-state index in [1.165, 1.54) is 7.11 Å². The lowest BCUT2D eigenvalue weighted by Crippen LogP contribution is -2.40. The van der Waals surface area contributed by atoms with Gasteiger partial charge >= 0.3 is 0 Å². The van der Waals surface area contributed by atoms with Gasteiger partial charge in [0.25, 0.3) is 5.91 Å². The fourth-order valence-electron chi connectivity index (χ4n) is 1.43. The Morgan fingerprint density at radius 1 is 1.59 bits per heavy atom. The van der Waals surface area contributed by atoms with Crippen molar-refractivity contribution >= 4 is 17.5 Å². The average molecular weight is 258 g/mol. The smallest absolute Gasteiger partial charge is 0.253 e. The minimum absolute atomic E-state index is 0.178. The third-order valence-corrected chi connectivity index (χ3v) is 2.86. The molecule has 1 aromatic rings. The molecule has 94 valence electrons. The topological polar surface area (TPSA) is 58.6 Å². The van der Waals surface area contributed by atoms with E-state index in [1.54, 1.807) is 12.1 Å². The summed E-state index contributed by atoms with van der Waals surface area (Å²) in [5, 5.41) is 12.1. The highest BCUT2D eigenvalue weighted by molar-refractivity contribution is 6.34. The number of aryl methyl sites for hydroxylation is 1. The van der Waals surface area contributed by atoms with Gasteiger partial charge in [0.1, 0.15) is 0 Å². The first-order valence-corrected chi connectivity index (χ1v) is 5.63. The highest BCUT2D eigenvalue weighted by atomic mass is 35.5. The van der Waals surface area contributed by atoms with Crippen LogP contribution in [0.3, 0.4) is 0 Å². The van der Waals surface area contributed by atoms with Crippen LogP contribution in [0, 0.1) is 6.92 Å². The molecule has 1 amide bonds. The number of halogens is 1. The van der Waals surface area contributed by atoms with Crippen molar-refractivity contribution < 1.29 is 14.6 Å². The maximum Gasteiger partial charge on any atom is 0.253 e. The second-order valence-electron chi connectivity index (χ2n) is 3.74. The van der Waals surface area contributed by atoms with E-state index in [9.17, 15) is 4.79 Å². The lowest BCUT2D eigenvalue weighted by atomic mass is 10.1. The third kappa shape index (κ3) is 3.70. The fourth-order valence-corrected chi connectivity index (χ4v) is 1.64. The first-order chi connectivity index (χ1) is 8.10. The summed E-state index contributed by atoms with van der Waals surface area (Å²) in [7, 11) is 1.51. The molecule has 2 N–H and O–H groups in total. The van der Waals surface area contributed by atoms with Gasteiger partial charge in [0.2, 0.25) is 0 Å². The standard InChI is InChI=1S/C12H16ClNO3/c1-8-4-3-5-10(11(8)13)12(16)14-9(6-15)7-17-2/h3-5,9,15H,6-7H2,1-2H3,(H,14,16). The summed E-state index contributed by atoms with van der Waals surface area (Å²) in [5.74, 6) is -0.310. The van der Waals surface area contributed by atoms with E-state index in [0.29, 0.717) is 10.6 Å². The summed E-state index contributed by atoms with van der Waals surface area (Å²) in [4.78, 5) is 11.9. The van der Waals surface area contributed by atoms with Gasteiger partial charge in [-0.3, -0.25) is 4.79 Å². The van der Waals surface area contributed by atoms with E-state index in [1.807, 2.05) is 13.0 Å². The molecule has 0 spiro atoms. The Bertz CT molecular complexity index is 395. The summed E-state index contributed by atoms with van der Waals surface area (Å²) >= 11 is 6.04. The molecule has 4 nitrogen and oxygen atoms in total. The molecule has 0 bridgehead atoms. The third-order valence-electron chi connectivity index (χ3n) is 2.36.